The maximum atomic E-state index is 13.1. The lowest BCUT2D eigenvalue weighted by molar-refractivity contribution is 0.264. The van der Waals surface area contributed by atoms with Crippen LogP contribution < -0.4 is 16.0 Å². The Morgan fingerprint density at radius 3 is 2.30 bits per heavy atom. The first kappa shape index (κ1) is 14.4. The molecule has 5 heteroatoms. The maximum Gasteiger partial charge on any atom is 0.126 e. The van der Waals surface area contributed by atoms with Gasteiger partial charge in [0.05, 0.1) is 6.04 Å². The highest BCUT2D eigenvalue weighted by molar-refractivity contribution is 5.21. The zero-order chi connectivity index (χ0) is 14.4. The minimum Gasteiger partial charge on any atom is -0.492 e. The second-order valence-electron chi connectivity index (χ2n) is 4.47. The summed E-state index contributed by atoms with van der Waals surface area (Å²) in [5, 5.41) is 0. The van der Waals surface area contributed by atoms with Gasteiger partial charge >= 0.3 is 0 Å². The molecule has 0 saturated heterocycles. The number of hydrazine groups is 1. The first-order valence-corrected chi connectivity index (χ1v) is 6.26. The normalized spacial score (nSPS) is 12.2. The van der Waals surface area contributed by atoms with Gasteiger partial charge in [0.2, 0.25) is 0 Å². The van der Waals surface area contributed by atoms with Gasteiger partial charge in [0.1, 0.15) is 24.0 Å². The molecule has 3 nitrogen and oxygen atoms in total. The zero-order valence-corrected chi connectivity index (χ0v) is 10.9. The molecule has 0 aliphatic carbocycles. The lowest BCUT2D eigenvalue weighted by atomic mass is 10.1. The Morgan fingerprint density at radius 2 is 1.70 bits per heavy atom. The third-order valence-corrected chi connectivity index (χ3v) is 2.83. The molecular weight excluding hydrogens is 262 g/mol. The molecule has 0 spiro atoms. The minimum atomic E-state index is -0.597. The quantitative estimate of drug-likeness (QED) is 0.630. The van der Waals surface area contributed by atoms with Crippen molar-refractivity contribution >= 4 is 0 Å². The largest absolute Gasteiger partial charge is 0.492 e. The van der Waals surface area contributed by atoms with Gasteiger partial charge in [-0.3, -0.25) is 11.3 Å². The van der Waals surface area contributed by atoms with Gasteiger partial charge in [-0.15, -0.1) is 0 Å². The molecule has 1 atom stereocenters. The van der Waals surface area contributed by atoms with E-state index in [-0.39, 0.29) is 6.04 Å². The van der Waals surface area contributed by atoms with Crippen molar-refractivity contribution in [3.8, 4) is 5.75 Å². The van der Waals surface area contributed by atoms with E-state index in [4.69, 9.17) is 10.6 Å². The fourth-order valence-electron chi connectivity index (χ4n) is 1.89. The van der Waals surface area contributed by atoms with Crippen molar-refractivity contribution in [1.82, 2.24) is 5.43 Å². The SMILES string of the molecule is NNC(COc1ccccc1)Cc1cc(F)cc(F)c1. The highest BCUT2D eigenvalue weighted by atomic mass is 19.1. The number of nitrogens with one attached hydrogen (secondary N) is 1. The molecule has 0 aliphatic heterocycles. The summed E-state index contributed by atoms with van der Waals surface area (Å²) in [7, 11) is 0. The number of halogens is 2. The predicted molar refractivity (Wildman–Crippen MR) is 73.1 cm³/mol. The van der Waals surface area contributed by atoms with Gasteiger partial charge in [-0.2, -0.15) is 0 Å². The number of para-hydroxylation sites is 1. The van der Waals surface area contributed by atoms with Gasteiger partial charge in [-0.1, -0.05) is 18.2 Å². The van der Waals surface area contributed by atoms with Crippen LogP contribution in [0.2, 0.25) is 0 Å². The Labute approximate surface area is 116 Å². The molecule has 2 rings (SSSR count). The van der Waals surface area contributed by atoms with Crippen molar-refractivity contribution in [3.05, 3.63) is 65.7 Å². The van der Waals surface area contributed by atoms with E-state index in [0.29, 0.717) is 18.6 Å². The first-order valence-electron chi connectivity index (χ1n) is 6.26. The van der Waals surface area contributed by atoms with Crippen molar-refractivity contribution in [2.75, 3.05) is 6.61 Å². The van der Waals surface area contributed by atoms with E-state index in [0.717, 1.165) is 11.8 Å². The molecule has 2 aromatic rings. The molecule has 0 aromatic heterocycles. The topological polar surface area (TPSA) is 47.3 Å². The average molecular weight is 278 g/mol. The standard InChI is InChI=1S/C15H16F2N2O/c16-12-6-11(7-13(17)9-12)8-14(19-18)10-20-15-4-2-1-3-5-15/h1-7,9,14,19H,8,10,18H2. The summed E-state index contributed by atoms with van der Waals surface area (Å²) in [6.45, 7) is 0.304. The number of ether oxygens (including phenoxy) is 1. The van der Waals surface area contributed by atoms with Crippen LogP contribution in [0.25, 0.3) is 0 Å². The van der Waals surface area contributed by atoms with E-state index in [9.17, 15) is 8.78 Å². The van der Waals surface area contributed by atoms with Crippen LogP contribution in [-0.2, 0) is 6.42 Å². The van der Waals surface area contributed by atoms with Crippen molar-refractivity contribution in [3.63, 3.8) is 0 Å². The van der Waals surface area contributed by atoms with Crippen LogP contribution in [0.3, 0.4) is 0 Å². The van der Waals surface area contributed by atoms with Gasteiger partial charge in [0, 0.05) is 6.07 Å². The third kappa shape index (κ3) is 4.29. The molecule has 0 amide bonds. The monoisotopic (exact) mass is 278 g/mol. The van der Waals surface area contributed by atoms with E-state index in [1.54, 1.807) is 0 Å². The summed E-state index contributed by atoms with van der Waals surface area (Å²) < 4.78 is 31.8. The van der Waals surface area contributed by atoms with Gasteiger partial charge in [0.25, 0.3) is 0 Å². The van der Waals surface area contributed by atoms with E-state index in [1.807, 2.05) is 30.3 Å². The van der Waals surface area contributed by atoms with Gasteiger partial charge in [-0.25, -0.2) is 8.78 Å². The Bertz CT molecular complexity index is 529. The van der Waals surface area contributed by atoms with E-state index >= 15 is 0 Å². The van der Waals surface area contributed by atoms with Gasteiger partial charge in [-0.05, 0) is 36.2 Å². The second-order valence-corrected chi connectivity index (χ2v) is 4.47. The predicted octanol–water partition coefficient (Wildman–Crippen LogP) is 2.42. The number of rotatable bonds is 6. The van der Waals surface area contributed by atoms with Crippen LogP contribution in [-0.4, -0.2) is 12.6 Å². The van der Waals surface area contributed by atoms with E-state index < -0.39 is 11.6 Å². The molecule has 0 fully saturated rings. The van der Waals surface area contributed by atoms with Crippen molar-refractivity contribution < 1.29 is 13.5 Å². The third-order valence-electron chi connectivity index (χ3n) is 2.83. The van der Waals surface area contributed by atoms with Crippen molar-refractivity contribution in [1.29, 1.82) is 0 Å². The molecule has 0 bridgehead atoms. The number of benzene rings is 2. The number of hydrogen-bond acceptors (Lipinski definition) is 3. The Hall–Kier alpha value is -1.98. The summed E-state index contributed by atoms with van der Waals surface area (Å²) in [4.78, 5) is 0. The number of hydrogen-bond donors (Lipinski definition) is 2. The molecule has 3 N–H and O–H groups in total. The Kier molecular flexibility index (Phi) is 5.03. The lowest BCUT2D eigenvalue weighted by Crippen LogP contribution is -2.41. The molecule has 1 unspecified atom stereocenters. The average Bonchev–Trinajstić information content (AvgIpc) is 2.43. The van der Waals surface area contributed by atoms with Crippen molar-refractivity contribution in [2.45, 2.75) is 12.5 Å². The Balaban J connectivity index is 1.95. The molecule has 106 valence electrons. The Morgan fingerprint density at radius 1 is 1.05 bits per heavy atom. The molecule has 0 aliphatic rings. The highest BCUT2D eigenvalue weighted by Crippen LogP contribution is 2.12. The van der Waals surface area contributed by atoms with Crippen LogP contribution in [0.15, 0.2) is 48.5 Å². The zero-order valence-electron chi connectivity index (χ0n) is 10.9. The maximum absolute atomic E-state index is 13.1. The lowest BCUT2D eigenvalue weighted by Gasteiger charge is -2.17. The summed E-state index contributed by atoms with van der Waals surface area (Å²) in [6, 6.07) is 12.5. The molecule has 2 aromatic carbocycles. The molecule has 0 saturated carbocycles. The summed E-state index contributed by atoms with van der Waals surface area (Å²) in [5.41, 5.74) is 3.12. The van der Waals surface area contributed by atoms with Crippen LogP contribution in [0.5, 0.6) is 5.75 Å². The molecule has 0 radical (unpaired) electrons. The summed E-state index contributed by atoms with van der Waals surface area (Å²) >= 11 is 0. The van der Waals surface area contributed by atoms with Gasteiger partial charge < -0.3 is 4.74 Å². The van der Waals surface area contributed by atoms with E-state index in [1.165, 1.54) is 12.1 Å². The van der Waals surface area contributed by atoms with Crippen LogP contribution in [0.4, 0.5) is 8.78 Å². The first-order chi connectivity index (χ1) is 9.67. The second kappa shape index (κ2) is 6.98. The minimum absolute atomic E-state index is 0.239. The number of nitrogens with two attached hydrogens (primary N) is 1. The molecule has 20 heavy (non-hydrogen) atoms. The fourth-order valence-corrected chi connectivity index (χ4v) is 1.89. The molecule has 0 heterocycles. The highest BCUT2D eigenvalue weighted by Gasteiger charge is 2.10. The summed E-state index contributed by atoms with van der Waals surface area (Å²) in [6.07, 6.45) is 0.373. The van der Waals surface area contributed by atoms with E-state index in [2.05, 4.69) is 5.43 Å². The van der Waals surface area contributed by atoms with Crippen LogP contribution >= 0.6 is 0 Å². The van der Waals surface area contributed by atoms with Gasteiger partial charge in [0.15, 0.2) is 0 Å². The van der Waals surface area contributed by atoms with Crippen LogP contribution in [0.1, 0.15) is 5.56 Å². The van der Waals surface area contributed by atoms with Crippen molar-refractivity contribution in [2.24, 2.45) is 5.84 Å². The molecular formula is C15H16F2N2O. The fraction of sp³-hybridized carbons (Fsp3) is 0.200. The summed E-state index contributed by atoms with van der Waals surface area (Å²) in [5.74, 6) is 4.97. The smallest absolute Gasteiger partial charge is 0.126 e. The van der Waals surface area contributed by atoms with Crippen LogP contribution in [0, 0.1) is 11.6 Å².